The van der Waals surface area contributed by atoms with Crippen LogP contribution < -0.4 is 43.0 Å². The van der Waals surface area contributed by atoms with Gasteiger partial charge >= 0.3 is 11.9 Å². The standard InChI is InChI=1S/C59H72FN11O14/c1-4-59(83)38-23-44-53-37(29-70(44)28-36(38)57(81)85-58(59)82)52-40(18-17-35-33(3)39(60)24-42(69-53)51(35)52)66-49(76)30-84-31-65-47(74)26-64-55(79)43(22-34-13-7-5-8-14-34)68-48(75)27-62-46(73)25-63-54(78)41(15-10-11-19-61)67-45(72)16-9-6-12-20-71-50(77)21-32(2)56(71)80/h5,7-8,13-14,23-24,32,40-41,43,83H,4,6,9-12,15-22,25-31,61H2,1-3H3,(H,62,73)(H,63,78)(H,64,79)(H,65,74)(H,66,76)(H,67,72)(H,68,75)/t32?,40-,41-,43-,59-/m0/s1. The predicted octanol–water partition coefficient (Wildman–Crippen LogP) is 0.213. The van der Waals surface area contributed by atoms with Crippen LogP contribution in [0.4, 0.5) is 4.39 Å². The minimum atomic E-state index is -2.06. The van der Waals surface area contributed by atoms with Crippen LogP contribution in [0.2, 0.25) is 0 Å². The predicted molar refractivity (Wildman–Crippen MR) is 301 cm³/mol. The number of aliphatic hydroxyl groups is 1. The number of nitrogens with two attached hydrogens (primary N) is 1. The molecule has 26 heteroatoms. The highest BCUT2D eigenvalue weighted by Crippen LogP contribution is 2.48. The number of carbonyl (C=O) groups excluding carboxylic acids is 11. The van der Waals surface area contributed by atoms with Gasteiger partial charge in [0.15, 0.2) is 5.60 Å². The minimum absolute atomic E-state index is 0.00563. The summed E-state index contributed by atoms with van der Waals surface area (Å²) in [5, 5.41) is 30.2. The number of esters is 2. The van der Waals surface area contributed by atoms with Gasteiger partial charge in [0.1, 0.15) is 31.2 Å². The minimum Gasteiger partial charge on any atom is -0.387 e. The van der Waals surface area contributed by atoms with E-state index in [0.717, 1.165) is 11.1 Å². The summed E-state index contributed by atoms with van der Waals surface area (Å²) < 4.78 is 25.9. The van der Waals surface area contributed by atoms with Crippen molar-refractivity contribution in [2.75, 3.05) is 52.6 Å². The Morgan fingerprint density at radius 1 is 0.859 bits per heavy atom. The molecule has 0 radical (unpaired) electrons. The SMILES string of the molecule is CC[C@@]1(O)C(=O)OC(=O)C2=C1C=C1c3nc4cc(F)c(C)c5c4c(c3CN1C2)[C@@H](NC(=O)COCNC(=O)CNC(=O)[C@H](Cc1ccccc1)NC(=O)CNC(=O)CNC(=O)[C@H](CCCCN)NC(=O)CCCCCN1C(=O)CC(C)C1=O)CC5. The van der Waals surface area contributed by atoms with Crippen molar-refractivity contribution in [2.24, 2.45) is 11.7 Å². The van der Waals surface area contributed by atoms with Crippen molar-refractivity contribution >= 4 is 81.7 Å². The highest BCUT2D eigenvalue weighted by Gasteiger charge is 2.50. The Morgan fingerprint density at radius 2 is 1.56 bits per heavy atom. The summed E-state index contributed by atoms with van der Waals surface area (Å²) in [6.45, 7) is 3.31. The molecule has 4 aliphatic heterocycles. The van der Waals surface area contributed by atoms with E-state index in [9.17, 15) is 57.8 Å². The molecule has 9 amide bonds. The number of aryl methyl sites for hydroxylation is 1. The van der Waals surface area contributed by atoms with E-state index in [0.29, 0.717) is 90.5 Å². The van der Waals surface area contributed by atoms with Crippen molar-refractivity contribution in [1.29, 1.82) is 0 Å². The second kappa shape index (κ2) is 27.9. The van der Waals surface area contributed by atoms with E-state index in [1.165, 1.54) is 11.0 Å². The molecular weight excluding hydrogens is 1110 g/mol. The second-order valence-corrected chi connectivity index (χ2v) is 21.9. The van der Waals surface area contributed by atoms with Crippen molar-refractivity contribution < 1.29 is 71.7 Å². The highest BCUT2D eigenvalue weighted by molar-refractivity contribution is 6.08. The van der Waals surface area contributed by atoms with E-state index in [4.69, 9.17) is 20.2 Å². The molecular formula is C59H72FN11O14. The van der Waals surface area contributed by atoms with Gasteiger partial charge in [0, 0.05) is 60.9 Å². The Bertz CT molecular complexity index is 3240. The summed E-state index contributed by atoms with van der Waals surface area (Å²) in [5.74, 6) is -7.57. The average molecular weight is 1180 g/mol. The van der Waals surface area contributed by atoms with Crippen LogP contribution >= 0.6 is 0 Å². The van der Waals surface area contributed by atoms with Crippen molar-refractivity contribution in [3.8, 4) is 0 Å². The number of ether oxygens (including phenoxy) is 2. The number of pyridine rings is 1. The van der Waals surface area contributed by atoms with Gasteiger partial charge in [-0.2, -0.15) is 0 Å². The fraction of sp³-hybridized carbons (Fsp3) is 0.492. The fourth-order valence-corrected chi connectivity index (χ4v) is 11.3. The summed E-state index contributed by atoms with van der Waals surface area (Å²) in [5.41, 5.74) is 8.44. The lowest BCUT2D eigenvalue weighted by molar-refractivity contribution is -0.172. The normalized spacial score (nSPS) is 19.2. The lowest BCUT2D eigenvalue weighted by Gasteiger charge is -2.36. The number of rotatable bonds is 28. The first-order valence-corrected chi connectivity index (χ1v) is 28.7. The summed E-state index contributed by atoms with van der Waals surface area (Å²) >= 11 is 0. The number of hydrogen-bond donors (Lipinski definition) is 9. The number of amides is 9. The first kappa shape index (κ1) is 62.6. The maximum atomic E-state index is 15.4. The smallest absolute Gasteiger partial charge is 0.350 e. The number of nitrogens with zero attached hydrogens (tertiary/aromatic N) is 3. The maximum Gasteiger partial charge on any atom is 0.350 e. The molecule has 1 fully saturated rings. The number of carbonyl (C=O) groups is 11. The number of likely N-dealkylation sites (tertiary alicyclic amines) is 1. The van der Waals surface area contributed by atoms with E-state index in [-0.39, 0.29) is 86.5 Å². The van der Waals surface area contributed by atoms with E-state index < -0.39 is 110 Å². The molecule has 3 aromatic rings. The lowest BCUT2D eigenvalue weighted by Crippen LogP contribution is -2.53. The molecule has 8 rings (SSSR count). The number of halogens is 1. The zero-order chi connectivity index (χ0) is 61.1. The number of nitrogens with one attached hydrogen (secondary N) is 7. The van der Waals surface area contributed by atoms with Crippen LogP contribution in [0.3, 0.4) is 0 Å². The zero-order valence-electron chi connectivity index (χ0n) is 47.8. The molecule has 2 aromatic carbocycles. The van der Waals surface area contributed by atoms with Crippen LogP contribution in [0.15, 0.2) is 53.6 Å². The Hall–Kier alpha value is -8.49. The maximum absolute atomic E-state index is 15.4. The van der Waals surface area contributed by atoms with Gasteiger partial charge in [-0.05, 0) is 93.2 Å². The summed E-state index contributed by atoms with van der Waals surface area (Å²) in [7, 11) is 0. The Balaban J connectivity index is 0.787. The summed E-state index contributed by atoms with van der Waals surface area (Å²) in [6.07, 6.45) is 5.52. The Kier molecular flexibility index (Phi) is 20.6. The average Bonchev–Trinajstić information content (AvgIpc) is 1.91. The third-order valence-electron chi connectivity index (χ3n) is 15.9. The fourth-order valence-electron chi connectivity index (χ4n) is 11.3. The number of cyclic esters (lactones) is 2. The molecule has 0 bridgehead atoms. The Labute approximate surface area is 489 Å². The van der Waals surface area contributed by atoms with Crippen LogP contribution in [-0.4, -0.2) is 155 Å². The molecule has 25 nitrogen and oxygen atoms in total. The highest BCUT2D eigenvalue weighted by atomic mass is 19.1. The van der Waals surface area contributed by atoms with Crippen molar-refractivity contribution in [3.05, 3.63) is 92.9 Å². The molecule has 1 aromatic heterocycles. The zero-order valence-corrected chi connectivity index (χ0v) is 47.8. The topological polar surface area (TPSA) is 356 Å². The molecule has 5 heterocycles. The molecule has 5 aliphatic rings. The Morgan fingerprint density at radius 3 is 2.27 bits per heavy atom. The molecule has 454 valence electrons. The number of unbranched alkanes of at least 4 members (excludes halogenated alkanes) is 3. The number of benzene rings is 2. The van der Waals surface area contributed by atoms with Crippen LogP contribution in [0.1, 0.15) is 118 Å². The van der Waals surface area contributed by atoms with Gasteiger partial charge in [-0.25, -0.2) is 19.0 Å². The van der Waals surface area contributed by atoms with Crippen molar-refractivity contribution in [1.82, 2.24) is 52.0 Å². The molecule has 0 spiro atoms. The molecule has 1 aliphatic carbocycles. The van der Waals surface area contributed by atoms with E-state index in [2.05, 4.69) is 37.2 Å². The van der Waals surface area contributed by atoms with Gasteiger partial charge in [-0.15, -0.1) is 0 Å². The number of aromatic nitrogens is 1. The van der Waals surface area contributed by atoms with Gasteiger partial charge in [0.25, 0.3) is 0 Å². The third-order valence-corrected chi connectivity index (χ3v) is 15.9. The van der Waals surface area contributed by atoms with Crippen molar-refractivity contribution in [2.45, 2.75) is 128 Å². The molecule has 5 atom stereocenters. The van der Waals surface area contributed by atoms with E-state index >= 15 is 4.39 Å². The lowest BCUT2D eigenvalue weighted by atomic mass is 9.81. The van der Waals surface area contributed by atoms with Crippen LogP contribution in [0, 0.1) is 18.7 Å². The molecule has 85 heavy (non-hydrogen) atoms. The van der Waals surface area contributed by atoms with Crippen LogP contribution in [0.25, 0.3) is 16.6 Å². The second-order valence-electron chi connectivity index (χ2n) is 21.9. The summed E-state index contributed by atoms with van der Waals surface area (Å²) in [6, 6.07) is 7.28. The summed E-state index contributed by atoms with van der Waals surface area (Å²) in [4.78, 5) is 150. The number of imide groups is 1. The molecule has 0 saturated carbocycles. The quantitative estimate of drug-likeness (QED) is 0.0154. The van der Waals surface area contributed by atoms with Gasteiger partial charge in [0.05, 0.1) is 54.7 Å². The van der Waals surface area contributed by atoms with Gasteiger partial charge in [0.2, 0.25) is 53.2 Å². The van der Waals surface area contributed by atoms with Gasteiger partial charge < -0.3 is 62.4 Å². The largest absolute Gasteiger partial charge is 0.387 e. The van der Waals surface area contributed by atoms with Crippen LogP contribution in [-0.2, 0) is 81.6 Å². The monoisotopic (exact) mass is 1180 g/mol. The number of hydrogen-bond acceptors (Lipinski definition) is 17. The van der Waals surface area contributed by atoms with Crippen molar-refractivity contribution in [3.63, 3.8) is 0 Å². The first-order chi connectivity index (χ1) is 40.7. The molecule has 1 saturated heterocycles. The van der Waals surface area contributed by atoms with E-state index in [1.54, 1.807) is 57.2 Å². The van der Waals surface area contributed by atoms with Gasteiger partial charge in [-0.3, -0.25) is 48.1 Å². The van der Waals surface area contributed by atoms with Crippen LogP contribution in [0.5, 0.6) is 0 Å². The van der Waals surface area contributed by atoms with E-state index in [1.807, 2.05) is 4.90 Å². The first-order valence-electron chi connectivity index (χ1n) is 28.7. The molecule has 1 unspecified atom stereocenters. The molecule has 10 N–H and O–H groups in total. The number of fused-ring (bicyclic) bond motifs is 4. The third kappa shape index (κ3) is 14.7. The van der Waals surface area contributed by atoms with Gasteiger partial charge in [-0.1, -0.05) is 50.6 Å².